The lowest BCUT2D eigenvalue weighted by molar-refractivity contribution is 0.893. The van der Waals surface area contributed by atoms with Crippen LogP contribution in [0.4, 0.5) is 0 Å². The van der Waals surface area contributed by atoms with E-state index in [0.717, 1.165) is 28.0 Å². The van der Waals surface area contributed by atoms with Crippen LogP contribution >= 0.6 is 27.5 Å². The van der Waals surface area contributed by atoms with Gasteiger partial charge in [-0.05, 0) is 34.0 Å². The fraction of sp³-hybridized carbons (Fsp3) is 0.250. The summed E-state index contributed by atoms with van der Waals surface area (Å²) in [6, 6.07) is 3.90. The van der Waals surface area contributed by atoms with Gasteiger partial charge in [0.2, 0.25) is 0 Å². The van der Waals surface area contributed by atoms with Crippen molar-refractivity contribution in [2.45, 2.75) is 19.8 Å². The van der Waals surface area contributed by atoms with Crippen LogP contribution in [0.25, 0.3) is 0 Å². The number of nitrogens with zero attached hydrogens (tertiary/aromatic N) is 3. The molecule has 0 N–H and O–H groups in total. The number of pyridine rings is 1. The summed E-state index contributed by atoms with van der Waals surface area (Å²) in [5.41, 5.74) is 2.01. The molecule has 5 heteroatoms. The molecule has 2 aromatic rings. The van der Waals surface area contributed by atoms with Gasteiger partial charge >= 0.3 is 0 Å². The third-order valence-electron chi connectivity index (χ3n) is 2.35. The monoisotopic (exact) mass is 311 g/mol. The molecule has 0 saturated heterocycles. The molecule has 0 unspecified atom stereocenters. The molecule has 0 aliphatic carbocycles. The van der Waals surface area contributed by atoms with Gasteiger partial charge in [0.25, 0.3) is 0 Å². The first-order valence-corrected chi connectivity index (χ1v) is 6.47. The summed E-state index contributed by atoms with van der Waals surface area (Å²) in [4.78, 5) is 12.8. The summed E-state index contributed by atoms with van der Waals surface area (Å²) >= 11 is 9.44. The number of rotatable bonds is 3. The molecule has 0 bridgehead atoms. The molecular formula is C12H11BrClN3. The zero-order valence-electron chi connectivity index (χ0n) is 9.32. The topological polar surface area (TPSA) is 38.7 Å². The number of halogens is 2. The van der Waals surface area contributed by atoms with E-state index in [2.05, 4.69) is 30.9 Å². The lowest BCUT2D eigenvalue weighted by Gasteiger charge is -2.06. The van der Waals surface area contributed by atoms with Gasteiger partial charge in [0.15, 0.2) is 0 Å². The molecule has 0 atom stereocenters. The average Bonchev–Trinajstić information content (AvgIpc) is 2.35. The molecule has 0 aliphatic rings. The lowest BCUT2D eigenvalue weighted by Crippen LogP contribution is -2.02. The van der Waals surface area contributed by atoms with Gasteiger partial charge in [0.1, 0.15) is 11.0 Å². The summed E-state index contributed by atoms with van der Waals surface area (Å²) in [7, 11) is 0. The van der Waals surface area contributed by atoms with Crippen LogP contribution in [0.15, 0.2) is 29.0 Å². The maximum Gasteiger partial charge on any atom is 0.147 e. The average molecular weight is 313 g/mol. The molecule has 0 aromatic carbocycles. The van der Waals surface area contributed by atoms with Gasteiger partial charge in [-0.25, -0.2) is 9.97 Å². The molecule has 2 rings (SSSR count). The SMILES string of the molecule is CCc1nc(Cc2cccnc2)nc(Cl)c1Br. The van der Waals surface area contributed by atoms with Crippen molar-refractivity contribution in [3.63, 3.8) is 0 Å². The molecule has 2 heterocycles. The molecule has 0 spiro atoms. The van der Waals surface area contributed by atoms with Crippen molar-refractivity contribution in [1.82, 2.24) is 15.0 Å². The van der Waals surface area contributed by atoms with E-state index in [1.807, 2.05) is 25.3 Å². The Morgan fingerprint density at radius 2 is 2.18 bits per heavy atom. The normalized spacial score (nSPS) is 10.5. The Labute approximate surface area is 113 Å². The van der Waals surface area contributed by atoms with E-state index in [9.17, 15) is 0 Å². The zero-order valence-corrected chi connectivity index (χ0v) is 11.7. The Hall–Kier alpha value is -1.00. The third kappa shape index (κ3) is 3.01. The van der Waals surface area contributed by atoms with Crippen molar-refractivity contribution < 1.29 is 0 Å². The first-order chi connectivity index (χ1) is 8.20. The highest BCUT2D eigenvalue weighted by atomic mass is 79.9. The molecule has 0 saturated carbocycles. The molecule has 2 aromatic heterocycles. The lowest BCUT2D eigenvalue weighted by atomic mass is 10.2. The second-order valence-electron chi connectivity index (χ2n) is 3.58. The highest BCUT2D eigenvalue weighted by Gasteiger charge is 2.09. The van der Waals surface area contributed by atoms with E-state index in [-0.39, 0.29) is 0 Å². The highest BCUT2D eigenvalue weighted by molar-refractivity contribution is 9.10. The summed E-state index contributed by atoms with van der Waals surface area (Å²) in [5, 5.41) is 0.468. The van der Waals surface area contributed by atoms with Crippen molar-refractivity contribution in [3.05, 3.63) is 51.2 Å². The van der Waals surface area contributed by atoms with E-state index in [1.54, 1.807) is 6.20 Å². The second kappa shape index (κ2) is 5.56. The van der Waals surface area contributed by atoms with E-state index in [0.29, 0.717) is 11.6 Å². The number of aromatic nitrogens is 3. The molecule has 0 radical (unpaired) electrons. The quantitative estimate of drug-likeness (QED) is 0.815. The van der Waals surface area contributed by atoms with Gasteiger partial charge in [-0.2, -0.15) is 0 Å². The van der Waals surface area contributed by atoms with Crippen LogP contribution in [0.3, 0.4) is 0 Å². The van der Waals surface area contributed by atoms with Crippen LogP contribution in [-0.2, 0) is 12.8 Å². The van der Waals surface area contributed by atoms with Crippen molar-refractivity contribution in [2.75, 3.05) is 0 Å². The van der Waals surface area contributed by atoms with Gasteiger partial charge in [-0.3, -0.25) is 4.98 Å². The summed E-state index contributed by atoms with van der Waals surface area (Å²) in [5.74, 6) is 0.725. The van der Waals surface area contributed by atoms with Crippen LogP contribution in [0, 0.1) is 0 Å². The van der Waals surface area contributed by atoms with Gasteiger partial charge < -0.3 is 0 Å². The minimum absolute atomic E-state index is 0.468. The van der Waals surface area contributed by atoms with Gasteiger partial charge in [0.05, 0.1) is 10.2 Å². The molecule has 0 fully saturated rings. The molecule has 88 valence electrons. The maximum atomic E-state index is 6.05. The van der Waals surface area contributed by atoms with Crippen molar-refractivity contribution >= 4 is 27.5 Å². The summed E-state index contributed by atoms with van der Waals surface area (Å²) in [6.45, 7) is 2.04. The fourth-order valence-corrected chi connectivity index (χ4v) is 2.17. The maximum absolute atomic E-state index is 6.05. The molecular weight excluding hydrogens is 302 g/mol. The van der Waals surface area contributed by atoms with E-state index >= 15 is 0 Å². The van der Waals surface area contributed by atoms with Crippen LogP contribution in [-0.4, -0.2) is 15.0 Å². The minimum atomic E-state index is 0.468. The predicted molar refractivity (Wildman–Crippen MR) is 71.2 cm³/mol. The van der Waals surface area contributed by atoms with E-state index in [1.165, 1.54) is 0 Å². The predicted octanol–water partition coefficient (Wildman–Crippen LogP) is 3.44. The van der Waals surface area contributed by atoms with Crippen molar-refractivity contribution in [1.29, 1.82) is 0 Å². The standard InChI is InChI=1S/C12H11BrClN3/c1-2-9-11(13)12(14)17-10(16-9)6-8-4-3-5-15-7-8/h3-5,7H,2,6H2,1H3. The molecule has 0 amide bonds. The number of hydrogen-bond acceptors (Lipinski definition) is 3. The van der Waals surface area contributed by atoms with Crippen molar-refractivity contribution in [3.8, 4) is 0 Å². The Bertz CT molecular complexity index is 517. The van der Waals surface area contributed by atoms with Gasteiger partial charge in [0, 0.05) is 18.8 Å². The van der Waals surface area contributed by atoms with E-state index < -0.39 is 0 Å². The Balaban J connectivity index is 2.31. The number of aryl methyl sites for hydroxylation is 1. The highest BCUT2D eigenvalue weighted by Crippen LogP contribution is 2.24. The molecule has 0 aliphatic heterocycles. The molecule has 3 nitrogen and oxygen atoms in total. The van der Waals surface area contributed by atoms with Gasteiger partial charge in [-0.15, -0.1) is 0 Å². The second-order valence-corrected chi connectivity index (χ2v) is 4.73. The van der Waals surface area contributed by atoms with Crippen LogP contribution in [0.1, 0.15) is 24.0 Å². The summed E-state index contributed by atoms with van der Waals surface area (Å²) < 4.78 is 0.789. The van der Waals surface area contributed by atoms with Crippen molar-refractivity contribution in [2.24, 2.45) is 0 Å². The molecule has 17 heavy (non-hydrogen) atoms. The van der Waals surface area contributed by atoms with Gasteiger partial charge in [-0.1, -0.05) is 24.6 Å². The zero-order chi connectivity index (χ0) is 12.3. The van der Waals surface area contributed by atoms with Crippen LogP contribution < -0.4 is 0 Å². The largest absolute Gasteiger partial charge is 0.264 e. The number of hydrogen-bond donors (Lipinski definition) is 0. The first kappa shape index (κ1) is 12.5. The van der Waals surface area contributed by atoms with Crippen LogP contribution in [0.2, 0.25) is 5.15 Å². The van der Waals surface area contributed by atoms with E-state index in [4.69, 9.17) is 11.6 Å². The Morgan fingerprint density at radius 1 is 1.35 bits per heavy atom. The Kier molecular flexibility index (Phi) is 4.07. The minimum Gasteiger partial charge on any atom is -0.264 e. The fourth-order valence-electron chi connectivity index (χ4n) is 1.51. The van der Waals surface area contributed by atoms with Crippen LogP contribution in [0.5, 0.6) is 0 Å². The first-order valence-electron chi connectivity index (χ1n) is 5.30. The smallest absolute Gasteiger partial charge is 0.147 e. The Morgan fingerprint density at radius 3 is 2.82 bits per heavy atom. The third-order valence-corrected chi connectivity index (χ3v) is 3.68. The summed E-state index contributed by atoms with van der Waals surface area (Å²) in [6.07, 6.45) is 5.03.